The molecule has 1 fully saturated rings. The maximum atomic E-state index is 6.29. The first-order valence-corrected chi connectivity index (χ1v) is 7.58. The van der Waals surface area contributed by atoms with Crippen LogP contribution in [0.4, 0.5) is 0 Å². The zero-order chi connectivity index (χ0) is 11.5. The van der Waals surface area contributed by atoms with Crippen LogP contribution in [-0.2, 0) is 0 Å². The Morgan fingerprint density at radius 3 is 3.00 bits per heavy atom. The second kappa shape index (κ2) is 5.63. The lowest BCUT2D eigenvalue weighted by Crippen LogP contribution is -2.45. The monoisotopic (exact) mass is 302 g/mol. The Morgan fingerprint density at radius 2 is 2.38 bits per heavy atom. The molecule has 2 nitrogen and oxygen atoms in total. The van der Waals surface area contributed by atoms with E-state index in [0.29, 0.717) is 12.1 Å². The van der Waals surface area contributed by atoms with E-state index in [0.717, 1.165) is 13.0 Å². The molecule has 2 heterocycles. The quantitative estimate of drug-likeness (QED) is 0.927. The zero-order valence-electron chi connectivity index (χ0n) is 9.66. The van der Waals surface area contributed by atoms with Crippen molar-refractivity contribution in [3.05, 3.63) is 20.8 Å². The Kier molecular flexibility index (Phi) is 4.41. The minimum atomic E-state index is 0.297. The predicted molar refractivity (Wildman–Crippen MR) is 73.8 cm³/mol. The van der Waals surface area contributed by atoms with Gasteiger partial charge in [0.1, 0.15) is 0 Å². The van der Waals surface area contributed by atoms with Gasteiger partial charge in [0, 0.05) is 10.9 Å². The Hall–Kier alpha value is 0.1000. The molecule has 0 aliphatic carbocycles. The van der Waals surface area contributed by atoms with E-state index in [1.54, 1.807) is 0 Å². The highest BCUT2D eigenvalue weighted by Crippen LogP contribution is 2.35. The van der Waals surface area contributed by atoms with Gasteiger partial charge in [-0.25, -0.2) is 0 Å². The van der Waals surface area contributed by atoms with Crippen molar-refractivity contribution in [1.82, 2.24) is 4.90 Å². The minimum absolute atomic E-state index is 0.297. The fourth-order valence-corrected chi connectivity index (χ4v) is 4.15. The summed E-state index contributed by atoms with van der Waals surface area (Å²) in [7, 11) is 0. The fraction of sp³-hybridized carbons (Fsp3) is 0.667. The number of halogens is 1. The highest BCUT2D eigenvalue weighted by atomic mass is 79.9. The lowest BCUT2D eigenvalue weighted by atomic mass is 9.95. The highest BCUT2D eigenvalue weighted by Gasteiger charge is 2.30. The molecule has 90 valence electrons. The van der Waals surface area contributed by atoms with Crippen LogP contribution in [0.5, 0.6) is 0 Å². The molecule has 2 N–H and O–H groups in total. The van der Waals surface area contributed by atoms with Crippen LogP contribution < -0.4 is 5.73 Å². The van der Waals surface area contributed by atoms with Crippen molar-refractivity contribution >= 4 is 27.3 Å². The molecule has 0 aromatic carbocycles. The van der Waals surface area contributed by atoms with Gasteiger partial charge in [0.05, 0.1) is 9.83 Å². The molecular formula is C12H19BrN2S. The number of hydrogen-bond acceptors (Lipinski definition) is 3. The van der Waals surface area contributed by atoms with Crippen molar-refractivity contribution in [3.63, 3.8) is 0 Å². The number of hydrogen-bond donors (Lipinski definition) is 1. The normalized spacial score (nSPS) is 27.2. The van der Waals surface area contributed by atoms with E-state index in [4.69, 9.17) is 5.73 Å². The summed E-state index contributed by atoms with van der Waals surface area (Å²) < 4.78 is 1.21. The van der Waals surface area contributed by atoms with Crippen LogP contribution in [0.2, 0.25) is 0 Å². The number of likely N-dealkylation sites (tertiary alicyclic amines) is 1. The second-order valence-corrected chi connectivity index (χ2v) is 6.92. The van der Waals surface area contributed by atoms with Crippen molar-refractivity contribution < 1.29 is 0 Å². The molecule has 0 bridgehead atoms. The second-order valence-electron chi connectivity index (χ2n) is 4.43. The standard InChI is InChI=1S/C12H19BrN2S/c1-2-7-15-8-3-4-9(14)12(15)10-5-6-11(13)16-10/h5-6,9,12H,2-4,7-8,14H2,1H3. The summed E-state index contributed by atoms with van der Waals surface area (Å²) in [6.07, 6.45) is 3.60. The summed E-state index contributed by atoms with van der Waals surface area (Å²) in [5.41, 5.74) is 6.29. The molecule has 4 heteroatoms. The van der Waals surface area contributed by atoms with Gasteiger partial charge in [-0.05, 0) is 60.4 Å². The van der Waals surface area contributed by atoms with Gasteiger partial charge in [-0.2, -0.15) is 0 Å². The van der Waals surface area contributed by atoms with Gasteiger partial charge in [0.15, 0.2) is 0 Å². The van der Waals surface area contributed by atoms with Gasteiger partial charge in [0.25, 0.3) is 0 Å². The highest BCUT2D eigenvalue weighted by molar-refractivity contribution is 9.11. The molecule has 0 amide bonds. The maximum Gasteiger partial charge on any atom is 0.0702 e. The zero-order valence-corrected chi connectivity index (χ0v) is 12.1. The molecule has 2 atom stereocenters. The third kappa shape index (κ3) is 2.67. The van der Waals surface area contributed by atoms with Crippen LogP contribution in [0.1, 0.15) is 37.1 Å². The van der Waals surface area contributed by atoms with Crippen LogP contribution in [0, 0.1) is 0 Å². The summed E-state index contributed by atoms with van der Waals surface area (Å²) in [6, 6.07) is 5.08. The van der Waals surface area contributed by atoms with E-state index in [9.17, 15) is 0 Å². The molecule has 2 unspecified atom stereocenters. The Labute approximate surface area is 110 Å². The average Bonchev–Trinajstić information content (AvgIpc) is 2.65. The third-order valence-electron chi connectivity index (χ3n) is 3.18. The van der Waals surface area contributed by atoms with Gasteiger partial charge in [-0.15, -0.1) is 11.3 Å². The van der Waals surface area contributed by atoms with Crippen molar-refractivity contribution in [3.8, 4) is 0 Å². The number of piperidine rings is 1. The first-order valence-electron chi connectivity index (χ1n) is 5.97. The van der Waals surface area contributed by atoms with E-state index in [2.05, 4.69) is 39.9 Å². The van der Waals surface area contributed by atoms with Crippen LogP contribution >= 0.6 is 27.3 Å². The van der Waals surface area contributed by atoms with E-state index < -0.39 is 0 Å². The van der Waals surface area contributed by atoms with E-state index in [1.807, 2.05) is 11.3 Å². The van der Waals surface area contributed by atoms with E-state index in [1.165, 1.54) is 28.0 Å². The van der Waals surface area contributed by atoms with Gasteiger partial charge >= 0.3 is 0 Å². The fourth-order valence-electron chi connectivity index (χ4n) is 2.51. The molecule has 1 saturated heterocycles. The van der Waals surface area contributed by atoms with Crippen molar-refractivity contribution in [1.29, 1.82) is 0 Å². The van der Waals surface area contributed by atoms with Crippen LogP contribution in [0.25, 0.3) is 0 Å². The smallest absolute Gasteiger partial charge is 0.0702 e. The van der Waals surface area contributed by atoms with E-state index in [-0.39, 0.29) is 0 Å². The van der Waals surface area contributed by atoms with Crippen LogP contribution in [0.3, 0.4) is 0 Å². The Balaban J connectivity index is 2.18. The van der Waals surface area contributed by atoms with Crippen molar-refractivity contribution in [2.45, 2.75) is 38.3 Å². The molecule has 1 aromatic rings. The third-order valence-corrected chi connectivity index (χ3v) is 4.87. The topological polar surface area (TPSA) is 29.3 Å². The summed E-state index contributed by atoms with van der Waals surface area (Å²) in [6.45, 7) is 4.59. The summed E-state index contributed by atoms with van der Waals surface area (Å²) in [5.74, 6) is 0. The Bertz CT molecular complexity index is 338. The van der Waals surface area contributed by atoms with Gasteiger partial charge in [-0.3, -0.25) is 4.90 Å². The number of nitrogens with two attached hydrogens (primary N) is 1. The van der Waals surface area contributed by atoms with Crippen molar-refractivity contribution in [2.24, 2.45) is 5.73 Å². The number of thiophene rings is 1. The lowest BCUT2D eigenvalue weighted by Gasteiger charge is -2.39. The number of rotatable bonds is 3. The first kappa shape index (κ1) is 12.6. The average molecular weight is 303 g/mol. The molecule has 2 rings (SSSR count). The molecule has 1 aromatic heterocycles. The van der Waals surface area contributed by atoms with Gasteiger partial charge in [-0.1, -0.05) is 6.92 Å². The molecular weight excluding hydrogens is 284 g/mol. The molecule has 1 aliphatic heterocycles. The van der Waals surface area contributed by atoms with Crippen LogP contribution in [-0.4, -0.2) is 24.0 Å². The van der Waals surface area contributed by atoms with E-state index >= 15 is 0 Å². The minimum Gasteiger partial charge on any atom is -0.326 e. The lowest BCUT2D eigenvalue weighted by molar-refractivity contribution is 0.131. The summed E-state index contributed by atoms with van der Waals surface area (Å²) in [5, 5.41) is 0. The summed E-state index contributed by atoms with van der Waals surface area (Å²) >= 11 is 5.36. The van der Waals surface area contributed by atoms with Crippen molar-refractivity contribution in [2.75, 3.05) is 13.1 Å². The SMILES string of the molecule is CCCN1CCCC(N)C1c1ccc(Br)s1. The first-order chi connectivity index (χ1) is 7.72. The van der Waals surface area contributed by atoms with Gasteiger partial charge in [0.2, 0.25) is 0 Å². The molecule has 16 heavy (non-hydrogen) atoms. The molecule has 0 saturated carbocycles. The predicted octanol–water partition coefficient (Wildman–Crippen LogP) is 3.38. The Morgan fingerprint density at radius 1 is 1.56 bits per heavy atom. The molecule has 0 spiro atoms. The molecule has 0 radical (unpaired) electrons. The van der Waals surface area contributed by atoms with Crippen LogP contribution in [0.15, 0.2) is 15.9 Å². The largest absolute Gasteiger partial charge is 0.326 e. The summed E-state index contributed by atoms with van der Waals surface area (Å²) in [4.78, 5) is 3.96. The van der Waals surface area contributed by atoms with Gasteiger partial charge < -0.3 is 5.73 Å². The maximum absolute atomic E-state index is 6.29. The number of nitrogens with zero attached hydrogens (tertiary/aromatic N) is 1. The molecule has 1 aliphatic rings.